The van der Waals surface area contributed by atoms with Gasteiger partial charge in [-0.15, -0.1) is 11.8 Å². The van der Waals surface area contributed by atoms with Gasteiger partial charge in [0.2, 0.25) is 0 Å². The van der Waals surface area contributed by atoms with Crippen LogP contribution in [0.3, 0.4) is 0 Å². The van der Waals surface area contributed by atoms with Crippen molar-refractivity contribution < 1.29 is 9.90 Å². The van der Waals surface area contributed by atoms with E-state index in [1.165, 1.54) is 11.8 Å². The molecule has 16 heavy (non-hydrogen) atoms. The third kappa shape index (κ3) is 4.18. The molecule has 0 radical (unpaired) electrons. The van der Waals surface area contributed by atoms with E-state index in [4.69, 9.17) is 5.11 Å². The molecule has 1 unspecified atom stereocenters. The van der Waals surface area contributed by atoms with Gasteiger partial charge in [-0.3, -0.25) is 4.79 Å². The van der Waals surface area contributed by atoms with Crippen LogP contribution in [0.2, 0.25) is 0 Å². The molecule has 0 aliphatic heterocycles. The highest BCUT2D eigenvalue weighted by atomic mass is 32.2. The maximum Gasteiger partial charge on any atom is 0.304 e. The van der Waals surface area contributed by atoms with Crippen molar-refractivity contribution in [3.8, 4) is 0 Å². The average Bonchev–Trinajstić information content (AvgIpc) is 2.14. The topological polar surface area (TPSA) is 63.1 Å². The lowest BCUT2D eigenvalue weighted by Gasteiger charge is -2.09. The number of aliphatic carboxylic acids is 1. The van der Waals surface area contributed by atoms with E-state index in [0.29, 0.717) is 0 Å². The van der Waals surface area contributed by atoms with E-state index in [9.17, 15) is 4.79 Å². The Morgan fingerprint density at radius 3 is 2.81 bits per heavy atom. The molecule has 0 amide bonds. The summed E-state index contributed by atoms with van der Waals surface area (Å²) >= 11 is 1.48. The summed E-state index contributed by atoms with van der Waals surface area (Å²) in [5.74, 6) is -0.0362. The van der Waals surface area contributed by atoms with Crippen LogP contribution in [-0.4, -0.2) is 26.3 Å². The van der Waals surface area contributed by atoms with E-state index in [1.807, 2.05) is 26.8 Å². The summed E-state index contributed by atoms with van der Waals surface area (Å²) in [6.07, 6.45) is 1.01. The number of nitrogens with zero attached hydrogens (tertiary/aromatic N) is 2. The second kappa shape index (κ2) is 5.84. The molecule has 1 aromatic heterocycles. The Morgan fingerprint density at radius 2 is 2.25 bits per heavy atom. The normalized spacial score (nSPS) is 12.4. The molecule has 0 aliphatic rings. The molecule has 1 heterocycles. The first kappa shape index (κ1) is 13.0. The fourth-order valence-corrected chi connectivity index (χ4v) is 2.36. The highest BCUT2D eigenvalue weighted by Crippen LogP contribution is 2.23. The summed E-state index contributed by atoms with van der Waals surface area (Å²) in [6.45, 7) is 5.78. The van der Waals surface area contributed by atoms with Gasteiger partial charge in [-0.2, -0.15) is 0 Å². The molecule has 4 nitrogen and oxygen atoms in total. The van der Waals surface area contributed by atoms with Gasteiger partial charge >= 0.3 is 5.97 Å². The van der Waals surface area contributed by atoms with E-state index < -0.39 is 5.97 Å². The quantitative estimate of drug-likeness (QED) is 0.632. The molecule has 0 spiro atoms. The minimum Gasteiger partial charge on any atom is -0.481 e. The molecule has 0 saturated carbocycles. The molecule has 1 rings (SSSR count). The van der Waals surface area contributed by atoms with Gasteiger partial charge in [0.15, 0.2) is 0 Å². The van der Waals surface area contributed by atoms with Crippen LogP contribution in [0.5, 0.6) is 0 Å². The third-order valence-electron chi connectivity index (χ3n) is 2.01. The van der Waals surface area contributed by atoms with Crippen LogP contribution in [0.1, 0.15) is 31.8 Å². The SMILES string of the molecule is CCc1cc(SC(C)CC(=O)O)nc(C)n1. The summed E-state index contributed by atoms with van der Waals surface area (Å²) in [4.78, 5) is 19.1. The highest BCUT2D eigenvalue weighted by molar-refractivity contribution is 7.99. The molecule has 0 aliphatic carbocycles. The van der Waals surface area contributed by atoms with E-state index in [2.05, 4.69) is 9.97 Å². The number of hydrogen-bond donors (Lipinski definition) is 1. The number of carboxylic acids is 1. The van der Waals surface area contributed by atoms with Crippen LogP contribution < -0.4 is 0 Å². The zero-order valence-corrected chi connectivity index (χ0v) is 10.5. The van der Waals surface area contributed by atoms with Gasteiger partial charge in [-0.25, -0.2) is 9.97 Å². The number of thioether (sulfide) groups is 1. The van der Waals surface area contributed by atoms with Crippen molar-refractivity contribution in [2.45, 2.75) is 43.9 Å². The van der Waals surface area contributed by atoms with Crippen LogP contribution >= 0.6 is 11.8 Å². The number of aryl methyl sites for hydroxylation is 2. The molecule has 1 N–H and O–H groups in total. The Labute approximate surface area is 99.5 Å². The molecular weight excluding hydrogens is 224 g/mol. The smallest absolute Gasteiger partial charge is 0.304 e. The highest BCUT2D eigenvalue weighted by Gasteiger charge is 2.11. The Hall–Kier alpha value is -1.10. The van der Waals surface area contributed by atoms with Crippen molar-refractivity contribution in [1.29, 1.82) is 0 Å². The third-order valence-corrected chi connectivity index (χ3v) is 3.03. The monoisotopic (exact) mass is 240 g/mol. The molecule has 0 saturated heterocycles. The zero-order valence-electron chi connectivity index (χ0n) is 9.73. The molecule has 88 valence electrons. The molecule has 0 bridgehead atoms. The minimum atomic E-state index is -0.776. The number of carbonyl (C=O) groups is 1. The van der Waals surface area contributed by atoms with E-state index in [0.717, 1.165) is 23.0 Å². The lowest BCUT2D eigenvalue weighted by atomic mass is 10.3. The summed E-state index contributed by atoms with van der Waals surface area (Å²) in [5.41, 5.74) is 0.998. The van der Waals surface area contributed by atoms with Crippen molar-refractivity contribution in [3.63, 3.8) is 0 Å². The second-order valence-electron chi connectivity index (χ2n) is 3.62. The van der Waals surface area contributed by atoms with Crippen LogP contribution in [-0.2, 0) is 11.2 Å². The first-order valence-electron chi connectivity index (χ1n) is 5.24. The zero-order chi connectivity index (χ0) is 12.1. The van der Waals surface area contributed by atoms with Gasteiger partial charge in [0.25, 0.3) is 0 Å². The molecular formula is C11H16N2O2S. The number of hydrogen-bond acceptors (Lipinski definition) is 4. The van der Waals surface area contributed by atoms with Crippen LogP contribution in [0.15, 0.2) is 11.1 Å². The molecule has 1 aromatic rings. The van der Waals surface area contributed by atoms with Crippen molar-refractivity contribution >= 4 is 17.7 Å². The summed E-state index contributed by atoms with van der Waals surface area (Å²) in [7, 11) is 0. The van der Waals surface area contributed by atoms with Gasteiger partial charge in [0.1, 0.15) is 10.9 Å². The van der Waals surface area contributed by atoms with Crippen molar-refractivity contribution in [3.05, 3.63) is 17.6 Å². The first-order valence-corrected chi connectivity index (χ1v) is 6.12. The van der Waals surface area contributed by atoms with Crippen LogP contribution in [0.25, 0.3) is 0 Å². The standard InChI is InChI=1S/C11H16N2O2S/c1-4-9-6-10(13-8(3)12-9)16-7(2)5-11(14)15/h6-7H,4-5H2,1-3H3,(H,14,15). The molecule has 0 fully saturated rings. The van der Waals surface area contributed by atoms with Gasteiger partial charge in [0.05, 0.1) is 6.42 Å². The maximum atomic E-state index is 10.5. The Morgan fingerprint density at radius 1 is 1.56 bits per heavy atom. The van der Waals surface area contributed by atoms with E-state index >= 15 is 0 Å². The summed E-state index contributed by atoms with van der Waals surface area (Å²) in [5, 5.41) is 9.56. The maximum absolute atomic E-state index is 10.5. The van der Waals surface area contributed by atoms with Gasteiger partial charge in [0, 0.05) is 10.9 Å². The lowest BCUT2D eigenvalue weighted by Crippen LogP contribution is -2.06. The molecule has 1 atom stereocenters. The van der Waals surface area contributed by atoms with Crippen LogP contribution in [0, 0.1) is 6.92 Å². The van der Waals surface area contributed by atoms with Crippen molar-refractivity contribution in [1.82, 2.24) is 9.97 Å². The summed E-state index contributed by atoms with van der Waals surface area (Å²) in [6, 6.07) is 1.93. The van der Waals surface area contributed by atoms with Gasteiger partial charge in [-0.05, 0) is 19.4 Å². The number of carboxylic acid groups (broad SMARTS) is 1. The van der Waals surface area contributed by atoms with Crippen LogP contribution in [0.4, 0.5) is 0 Å². The first-order chi connectivity index (χ1) is 7.51. The van der Waals surface area contributed by atoms with E-state index in [-0.39, 0.29) is 11.7 Å². The largest absolute Gasteiger partial charge is 0.481 e. The molecule has 0 aromatic carbocycles. The fourth-order valence-electron chi connectivity index (χ4n) is 1.33. The van der Waals surface area contributed by atoms with Crippen molar-refractivity contribution in [2.75, 3.05) is 0 Å². The minimum absolute atomic E-state index is 0.0245. The average molecular weight is 240 g/mol. The van der Waals surface area contributed by atoms with Gasteiger partial charge in [-0.1, -0.05) is 13.8 Å². The Bertz CT molecular complexity index is 382. The number of aromatic nitrogens is 2. The lowest BCUT2D eigenvalue weighted by molar-refractivity contribution is -0.136. The Balaban J connectivity index is 2.72. The fraction of sp³-hybridized carbons (Fsp3) is 0.545. The second-order valence-corrected chi connectivity index (χ2v) is 5.08. The van der Waals surface area contributed by atoms with Crippen molar-refractivity contribution in [2.24, 2.45) is 0 Å². The Kier molecular flexibility index (Phi) is 4.73. The van der Waals surface area contributed by atoms with E-state index in [1.54, 1.807) is 0 Å². The van der Waals surface area contributed by atoms with Gasteiger partial charge < -0.3 is 5.11 Å². The molecule has 5 heteroatoms. The number of rotatable bonds is 5. The summed E-state index contributed by atoms with van der Waals surface area (Å²) < 4.78 is 0. The predicted molar refractivity (Wildman–Crippen MR) is 63.7 cm³/mol. The predicted octanol–water partition coefficient (Wildman–Crippen LogP) is 2.30.